The summed E-state index contributed by atoms with van der Waals surface area (Å²) in [5.74, 6) is -2.12. The number of ether oxygens (including phenoxy) is 1. The topological polar surface area (TPSA) is 179 Å². The molecule has 6 rings (SSSR count). The van der Waals surface area contributed by atoms with Gasteiger partial charge in [0.1, 0.15) is 6.07 Å². The maximum Gasteiger partial charge on any atom is 0.254 e. The molecule has 0 aliphatic carbocycles. The van der Waals surface area contributed by atoms with Crippen LogP contribution in [0, 0.1) is 35.8 Å². The SMILES string of the molecule is Cc1cc(Nc2nccn3c(-c4ccc(OCC#N)c(F)c4F)cnc23)ccc1C(=O)N1CCC(C(=O)NCCc2nn[nH]n2)CC1. The highest BCUT2D eigenvalue weighted by atomic mass is 19.2. The highest BCUT2D eigenvalue weighted by Gasteiger charge is 2.28. The standard InChI is InChI=1S/C31H29F2N11O3/c1-18-16-20(2-3-21(18)31(46)43-12-7-19(8-13-43)30(45)36-10-6-25-39-41-42-40-25)38-28-29-37-17-23(44(29)14-11-35-28)22-4-5-24(47-15-9-34)27(33)26(22)32/h2-5,11,14,16-17,19H,6-8,10,12-13,15H2,1H3,(H,35,38)(H,36,45)(H,39,40,41,42). The van der Waals surface area contributed by atoms with Crippen LogP contribution in [0.3, 0.4) is 0 Å². The summed E-state index contributed by atoms with van der Waals surface area (Å²) in [6, 6.07) is 9.66. The smallest absolute Gasteiger partial charge is 0.254 e. The molecule has 47 heavy (non-hydrogen) atoms. The molecule has 1 fully saturated rings. The lowest BCUT2D eigenvalue weighted by Crippen LogP contribution is -2.43. The Labute approximate surface area is 266 Å². The molecule has 1 saturated heterocycles. The molecule has 1 aliphatic heterocycles. The molecule has 240 valence electrons. The first-order valence-corrected chi connectivity index (χ1v) is 14.8. The number of aromatic nitrogens is 7. The molecular formula is C31H29F2N11O3. The Kier molecular flexibility index (Phi) is 8.95. The first-order valence-electron chi connectivity index (χ1n) is 14.8. The number of tetrazole rings is 1. The van der Waals surface area contributed by atoms with Crippen LogP contribution in [-0.2, 0) is 11.2 Å². The molecule has 3 N–H and O–H groups in total. The van der Waals surface area contributed by atoms with Gasteiger partial charge in [-0.3, -0.25) is 14.0 Å². The van der Waals surface area contributed by atoms with E-state index in [1.807, 2.05) is 13.0 Å². The molecule has 4 heterocycles. The van der Waals surface area contributed by atoms with E-state index in [4.69, 9.17) is 10.00 Å². The number of imidazole rings is 1. The molecule has 1 aliphatic rings. The summed E-state index contributed by atoms with van der Waals surface area (Å²) in [6.07, 6.45) is 6.10. The van der Waals surface area contributed by atoms with Gasteiger partial charge >= 0.3 is 0 Å². The van der Waals surface area contributed by atoms with Gasteiger partial charge in [0, 0.05) is 61.2 Å². The molecule has 0 bridgehead atoms. The second-order valence-corrected chi connectivity index (χ2v) is 10.9. The van der Waals surface area contributed by atoms with Gasteiger partial charge in [-0.15, -0.1) is 10.2 Å². The number of nitrogens with one attached hydrogen (secondary N) is 3. The van der Waals surface area contributed by atoms with Crippen LogP contribution >= 0.6 is 0 Å². The van der Waals surface area contributed by atoms with Crippen molar-refractivity contribution in [3.8, 4) is 23.1 Å². The van der Waals surface area contributed by atoms with Gasteiger partial charge in [-0.25, -0.2) is 14.4 Å². The number of benzene rings is 2. The number of carbonyl (C=O) groups is 2. The average Bonchev–Trinajstić information content (AvgIpc) is 3.76. The maximum absolute atomic E-state index is 15.0. The number of piperidine rings is 1. The largest absolute Gasteiger partial charge is 0.476 e. The number of hydrogen-bond acceptors (Lipinski definition) is 10. The highest BCUT2D eigenvalue weighted by molar-refractivity contribution is 5.96. The second kappa shape index (κ2) is 13.6. The number of carbonyl (C=O) groups excluding carboxylic acids is 2. The maximum atomic E-state index is 15.0. The molecule has 14 nitrogen and oxygen atoms in total. The normalized spacial score (nSPS) is 13.4. The lowest BCUT2D eigenvalue weighted by molar-refractivity contribution is -0.126. The minimum absolute atomic E-state index is 0.0414. The van der Waals surface area contributed by atoms with E-state index in [1.54, 1.807) is 33.7 Å². The molecule has 0 radical (unpaired) electrons. The number of fused-ring (bicyclic) bond motifs is 1. The zero-order valence-corrected chi connectivity index (χ0v) is 25.2. The predicted octanol–water partition coefficient (Wildman–Crippen LogP) is 3.35. The fourth-order valence-corrected chi connectivity index (χ4v) is 5.52. The second-order valence-electron chi connectivity index (χ2n) is 10.9. The number of rotatable bonds is 10. The number of nitriles is 1. The van der Waals surface area contributed by atoms with Crippen molar-refractivity contribution in [1.29, 1.82) is 5.26 Å². The van der Waals surface area contributed by atoms with Crippen LogP contribution in [0.25, 0.3) is 16.9 Å². The molecule has 2 aromatic carbocycles. The van der Waals surface area contributed by atoms with Crippen molar-refractivity contribution in [1.82, 2.24) is 45.2 Å². The third-order valence-electron chi connectivity index (χ3n) is 7.95. The molecule has 0 atom stereocenters. The van der Waals surface area contributed by atoms with Crippen LogP contribution in [0.4, 0.5) is 20.3 Å². The van der Waals surface area contributed by atoms with Crippen molar-refractivity contribution in [2.24, 2.45) is 5.92 Å². The van der Waals surface area contributed by atoms with Gasteiger partial charge < -0.3 is 20.3 Å². The quantitative estimate of drug-likeness (QED) is 0.205. The van der Waals surface area contributed by atoms with Crippen molar-refractivity contribution in [2.45, 2.75) is 26.2 Å². The summed E-state index contributed by atoms with van der Waals surface area (Å²) in [5, 5.41) is 28.4. The van der Waals surface area contributed by atoms with Crippen LogP contribution in [0.15, 0.2) is 48.9 Å². The van der Waals surface area contributed by atoms with Crippen molar-refractivity contribution in [3.63, 3.8) is 0 Å². The number of nitrogens with zero attached hydrogens (tertiary/aromatic N) is 8. The molecule has 0 spiro atoms. The third kappa shape index (κ3) is 6.54. The van der Waals surface area contributed by atoms with Crippen molar-refractivity contribution in [2.75, 3.05) is 31.6 Å². The first kappa shape index (κ1) is 31.0. The Bertz CT molecular complexity index is 1970. The Hall–Kier alpha value is -5.98. The molecular weight excluding hydrogens is 612 g/mol. The van der Waals surface area contributed by atoms with Crippen molar-refractivity contribution < 1.29 is 23.1 Å². The fourth-order valence-electron chi connectivity index (χ4n) is 5.52. The molecule has 0 unspecified atom stereocenters. The molecule has 3 aromatic heterocycles. The summed E-state index contributed by atoms with van der Waals surface area (Å²) >= 11 is 0. The number of aryl methyl sites for hydroxylation is 1. The summed E-state index contributed by atoms with van der Waals surface area (Å²) in [7, 11) is 0. The predicted molar refractivity (Wildman–Crippen MR) is 163 cm³/mol. The van der Waals surface area contributed by atoms with E-state index in [2.05, 4.69) is 41.2 Å². The lowest BCUT2D eigenvalue weighted by Gasteiger charge is -2.31. The van der Waals surface area contributed by atoms with Gasteiger partial charge in [-0.05, 0) is 55.7 Å². The van der Waals surface area contributed by atoms with Crippen molar-refractivity contribution in [3.05, 3.63) is 77.5 Å². The van der Waals surface area contributed by atoms with E-state index in [0.717, 1.165) is 5.56 Å². The summed E-state index contributed by atoms with van der Waals surface area (Å²) in [5.41, 5.74) is 2.56. The molecule has 5 aromatic rings. The minimum atomic E-state index is -1.20. The lowest BCUT2D eigenvalue weighted by atomic mass is 9.95. The van der Waals surface area contributed by atoms with Gasteiger partial charge in [0.15, 0.2) is 35.5 Å². The first-order chi connectivity index (χ1) is 22.8. The Morgan fingerprint density at radius 1 is 1.15 bits per heavy atom. The Morgan fingerprint density at radius 2 is 1.98 bits per heavy atom. The zero-order chi connectivity index (χ0) is 32.9. The van der Waals surface area contributed by atoms with Gasteiger partial charge in [-0.2, -0.15) is 14.9 Å². The van der Waals surface area contributed by atoms with E-state index in [1.165, 1.54) is 24.5 Å². The molecule has 2 amide bonds. The van der Waals surface area contributed by atoms with E-state index >= 15 is 0 Å². The number of H-pyrrole nitrogens is 1. The zero-order valence-electron chi connectivity index (χ0n) is 25.2. The van der Waals surface area contributed by atoms with Gasteiger partial charge in [0.25, 0.3) is 5.91 Å². The highest BCUT2D eigenvalue weighted by Crippen LogP contribution is 2.32. The van der Waals surface area contributed by atoms with Gasteiger partial charge in [0.2, 0.25) is 11.7 Å². The average molecular weight is 642 g/mol. The fraction of sp³-hybridized carbons (Fsp3) is 0.290. The van der Waals surface area contributed by atoms with Crippen LogP contribution in [0.5, 0.6) is 5.75 Å². The van der Waals surface area contributed by atoms with E-state index < -0.39 is 18.2 Å². The number of halogens is 2. The number of aromatic amines is 1. The van der Waals surface area contributed by atoms with Gasteiger partial charge in [0.05, 0.1) is 11.9 Å². The van der Waals surface area contributed by atoms with Crippen molar-refractivity contribution >= 4 is 29.0 Å². The number of likely N-dealkylation sites (tertiary alicyclic amines) is 1. The van der Waals surface area contributed by atoms with E-state index in [9.17, 15) is 18.4 Å². The summed E-state index contributed by atoms with van der Waals surface area (Å²) < 4.78 is 36.1. The van der Waals surface area contributed by atoms with Gasteiger partial charge in [-0.1, -0.05) is 5.21 Å². The molecule has 16 heteroatoms. The van der Waals surface area contributed by atoms with Crippen LogP contribution in [-0.4, -0.2) is 77.9 Å². The van der Waals surface area contributed by atoms with E-state index in [-0.39, 0.29) is 34.7 Å². The Balaban J connectivity index is 1.10. The van der Waals surface area contributed by atoms with Crippen LogP contribution < -0.4 is 15.4 Å². The van der Waals surface area contributed by atoms with Crippen LogP contribution in [0.2, 0.25) is 0 Å². The number of anilines is 2. The summed E-state index contributed by atoms with van der Waals surface area (Å²) in [6.45, 7) is 2.78. The minimum Gasteiger partial charge on any atom is -0.476 e. The van der Waals surface area contributed by atoms with E-state index in [0.29, 0.717) is 67.4 Å². The van der Waals surface area contributed by atoms with Crippen LogP contribution in [0.1, 0.15) is 34.6 Å². The summed E-state index contributed by atoms with van der Waals surface area (Å²) in [4.78, 5) is 36.5. The monoisotopic (exact) mass is 641 g/mol. The third-order valence-corrected chi connectivity index (χ3v) is 7.95. The number of hydrogen-bond donors (Lipinski definition) is 3. The molecule has 0 saturated carbocycles. The number of amides is 2. The Morgan fingerprint density at radius 3 is 2.72 bits per heavy atom.